The summed E-state index contributed by atoms with van der Waals surface area (Å²) in [5.74, 6) is -2.18. The average molecular weight is 419 g/mol. The number of hydrogen-bond donors (Lipinski definition) is 1. The molecule has 156 valence electrons. The number of halogens is 2. The summed E-state index contributed by atoms with van der Waals surface area (Å²) < 4.78 is 26.8. The molecule has 0 saturated carbocycles. The second kappa shape index (κ2) is 8.10. The van der Waals surface area contributed by atoms with Gasteiger partial charge in [0.1, 0.15) is 17.3 Å². The van der Waals surface area contributed by atoms with Gasteiger partial charge in [-0.3, -0.25) is 9.59 Å². The van der Waals surface area contributed by atoms with Gasteiger partial charge in [-0.05, 0) is 54.8 Å². The van der Waals surface area contributed by atoms with Gasteiger partial charge in [0.2, 0.25) is 5.91 Å². The van der Waals surface area contributed by atoms with Crippen molar-refractivity contribution in [2.24, 2.45) is 0 Å². The van der Waals surface area contributed by atoms with Crippen molar-refractivity contribution in [1.82, 2.24) is 9.89 Å². The van der Waals surface area contributed by atoms with Crippen molar-refractivity contribution in [1.29, 1.82) is 0 Å². The van der Waals surface area contributed by atoms with Crippen LogP contribution >= 0.6 is 0 Å². The van der Waals surface area contributed by atoms with Crippen molar-refractivity contribution in [3.63, 3.8) is 0 Å². The molecule has 0 aliphatic carbocycles. The molecular formula is C24H19F2N3O2. The summed E-state index contributed by atoms with van der Waals surface area (Å²) >= 11 is 0. The molecular weight excluding hydrogens is 400 g/mol. The zero-order chi connectivity index (χ0) is 22.1. The van der Waals surface area contributed by atoms with Gasteiger partial charge in [-0.1, -0.05) is 30.3 Å². The van der Waals surface area contributed by atoms with Crippen LogP contribution in [-0.2, 0) is 11.2 Å². The van der Waals surface area contributed by atoms with E-state index in [0.717, 1.165) is 39.7 Å². The average Bonchev–Trinajstić information content (AvgIpc) is 2.71. The highest BCUT2D eigenvalue weighted by molar-refractivity contribution is 5.94. The molecule has 0 atom stereocenters. The maximum atomic E-state index is 13.4. The van der Waals surface area contributed by atoms with E-state index in [1.165, 1.54) is 0 Å². The van der Waals surface area contributed by atoms with Crippen LogP contribution in [0.2, 0.25) is 0 Å². The van der Waals surface area contributed by atoms with Crippen molar-refractivity contribution in [2.75, 3.05) is 5.43 Å². The Morgan fingerprint density at radius 2 is 1.61 bits per heavy atom. The summed E-state index contributed by atoms with van der Waals surface area (Å²) in [7, 11) is 0. The van der Waals surface area contributed by atoms with Gasteiger partial charge in [-0.15, -0.1) is 9.89 Å². The largest absolute Gasteiger partial charge is 0.294 e. The van der Waals surface area contributed by atoms with Crippen molar-refractivity contribution < 1.29 is 13.6 Å². The fourth-order valence-electron chi connectivity index (χ4n) is 3.42. The summed E-state index contributed by atoms with van der Waals surface area (Å²) in [6, 6.07) is 15.7. The fourth-order valence-corrected chi connectivity index (χ4v) is 3.42. The molecule has 0 spiro atoms. The van der Waals surface area contributed by atoms with Crippen LogP contribution in [0.1, 0.15) is 16.7 Å². The normalized spacial score (nSPS) is 11.0. The third-order valence-corrected chi connectivity index (χ3v) is 5.10. The summed E-state index contributed by atoms with van der Waals surface area (Å²) in [5, 5.41) is 5.43. The first-order chi connectivity index (χ1) is 14.8. The highest BCUT2D eigenvalue weighted by atomic mass is 19.1. The van der Waals surface area contributed by atoms with E-state index < -0.39 is 23.1 Å². The molecule has 0 radical (unpaired) electrons. The van der Waals surface area contributed by atoms with Gasteiger partial charge < -0.3 is 0 Å². The molecule has 0 fully saturated rings. The maximum Gasteiger partial charge on any atom is 0.294 e. The maximum absolute atomic E-state index is 13.4. The highest BCUT2D eigenvalue weighted by Gasteiger charge is 2.15. The SMILES string of the molecule is Cc1ccc(-c2nn(NC(=O)Cc3cc(F)cc(F)c3)c(=O)c3ccccc23)cc1C. The second-order valence-corrected chi connectivity index (χ2v) is 7.40. The quantitative estimate of drug-likeness (QED) is 0.537. The van der Waals surface area contributed by atoms with E-state index in [9.17, 15) is 18.4 Å². The molecule has 7 heteroatoms. The van der Waals surface area contributed by atoms with Gasteiger partial charge in [-0.25, -0.2) is 14.2 Å². The minimum Gasteiger partial charge on any atom is -0.273 e. The number of amides is 1. The van der Waals surface area contributed by atoms with Gasteiger partial charge >= 0.3 is 0 Å². The van der Waals surface area contributed by atoms with Crippen LogP contribution in [0.5, 0.6) is 0 Å². The highest BCUT2D eigenvalue weighted by Crippen LogP contribution is 2.26. The van der Waals surface area contributed by atoms with E-state index in [-0.39, 0.29) is 12.0 Å². The Labute approximate surface area is 176 Å². The third kappa shape index (κ3) is 4.21. The monoisotopic (exact) mass is 419 g/mol. The number of nitrogens with zero attached hydrogens (tertiary/aromatic N) is 2. The number of nitrogens with one attached hydrogen (secondary N) is 1. The third-order valence-electron chi connectivity index (χ3n) is 5.10. The van der Waals surface area contributed by atoms with E-state index in [2.05, 4.69) is 10.5 Å². The number of carbonyl (C=O) groups is 1. The molecule has 4 aromatic rings. The summed E-state index contributed by atoms with van der Waals surface area (Å²) in [5.41, 5.74) is 5.62. The summed E-state index contributed by atoms with van der Waals surface area (Å²) in [6.07, 6.45) is -0.311. The Hall–Kier alpha value is -3.87. The number of aryl methyl sites for hydroxylation is 2. The topological polar surface area (TPSA) is 64.0 Å². The number of aromatic nitrogens is 2. The lowest BCUT2D eigenvalue weighted by atomic mass is 10.0. The Morgan fingerprint density at radius 1 is 0.935 bits per heavy atom. The molecule has 0 bridgehead atoms. The molecule has 0 unspecified atom stereocenters. The molecule has 31 heavy (non-hydrogen) atoms. The Kier molecular flexibility index (Phi) is 5.33. The van der Waals surface area contributed by atoms with Crippen LogP contribution in [0.4, 0.5) is 8.78 Å². The van der Waals surface area contributed by atoms with Crippen LogP contribution < -0.4 is 11.0 Å². The molecule has 1 amide bonds. The first-order valence-corrected chi connectivity index (χ1v) is 9.66. The Bertz CT molecular complexity index is 1360. The summed E-state index contributed by atoms with van der Waals surface area (Å²) in [4.78, 5) is 26.3. The number of benzene rings is 3. The molecule has 1 heterocycles. The second-order valence-electron chi connectivity index (χ2n) is 7.40. The minimum absolute atomic E-state index is 0.151. The van der Waals surface area contributed by atoms with Gasteiger partial charge in [-0.2, -0.15) is 0 Å². The molecule has 3 aromatic carbocycles. The lowest BCUT2D eigenvalue weighted by Crippen LogP contribution is -2.36. The molecule has 1 aromatic heterocycles. The molecule has 1 N–H and O–H groups in total. The lowest BCUT2D eigenvalue weighted by Gasteiger charge is -2.13. The van der Waals surface area contributed by atoms with E-state index in [1.54, 1.807) is 18.2 Å². The van der Waals surface area contributed by atoms with Crippen LogP contribution in [-0.4, -0.2) is 15.8 Å². The zero-order valence-corrected chi connectivity index (χ0v) is 16.9. The predicted octanol–water partition coefficient (Wildman–Crippen LogP) is 4.27. The number of carbonyl (C=O) groups excluding carboxylic acids is 1. The van der Waals surface area contributed by atoms with Crippen molar-refractivity contribution in [2.45, 2.75) is 20.3 Å². The minimum atomic E-state index is -0.777. The Balaban J connectivity index is 1.75. The molecule has 4 rings (SSSR count). The number of fused-ring (bicyclic) bond motifs is 1. The van der Waals surface area contributed by atoms with Gasteiger partial charge in [0.15, 0.2) is 0 Å². The fraction of sp³-hybridized carbons (Fsp3) is 0.125. The molecule has 0 aliphatic heterocycles. The molecule has 0 saturated heterocycles. The van der Waals surface area contributed by atoms with Gasteiger partial charge in [0.05, 0.1) is 11.8 Å². The van der Waals surface area contributed by atoms with Crippen LogP contribution in [0.15, 0.2) is 65.5 Å². The summed E-state index contributed by atoms with van der Waals surface area (Å²) in [6.45, 7) is 3.98. The van der Waals surface area contributed by atoms with E-state index in [0.29, 0.717) is 16.5 Å². The number of rotatable bonds is 4. The predicted molar refractivity (Wildman–Crippen MR) is 115 cm³/mol. The van der Waals surface area contributed by atoms with Crippen molar-refractivity contribution in [3.05, 3.63) is 99.3 Å². The first kappa shape index (κ1) is 20.4. The van der Waals surface area contributed by atoms with Crippen molar-refractivity contribution >= 4 is 16.7 Å². The van der Waals surface area contributed by atoms with Crippen LogP contribution in [0.25, 0.3) is 22.0 Å². The smallest absolute Gasteiger partial charge is 0.273 e. The van der Waals surface area contributed by atoms with Gasteiger partial charge in [0.25, 0.3) is 5.56 Å². The van der Waals surface area contributed by atoms with Gasteiger partial charge in [0, 0.05) is 17.0 Å². The zero-order valence-electron chi connectivity index (χ0n) is 16.9. The Morgan fingerprint density at radius 3 is 2.29 bits per heavy atom. The van der Waals surface area contributed by atoms with Crippen molar-refractivity contribution in [3.8, 4) is 11.3 Å². The number of hydrogen-bond acceptors (Lipinski definition) is 3. The molecule has 0 aliphatic rings. The van der Waals surface area contributed by atoms with Crippen LogP contribution in [0.3, 0.4) is 0 Å². The standard InChI is InChI=1S/C24H19F2N3O2/c1-14-7-8-17(9-15(14)2)23-20-5-3-4-6-21(20)24(31)29(28-23)27-22(30)12-16-10-18(25)13-19(26)11-16/h3-11,13H,12H2,1-2H3,(H,27,30). The van der Waals surface area contributed by atoms with E-state index >= 15 is 0 Å². The first-order valence-electron chi connectivity index (χ1n) is 9.66. The lowest BCUT2D eigenvalue weighted by molar-refractivity contribution is -0.116. The van der Waals surface area contributed by atoms with Crippen LogP contribution in [0, 0.1) is 25.5 Å². The van der Waals surface area contributed by atoms with E-state index in [1.807, 2.05) is 38.1 Å². The van der Waals surface area contributed by atoms with E-state index in [4.69, 9.17) is 0 Å². The molecule has 5 nitrogen and oxygen atoms in total.